The minimum Gasteiger partial charge on any atom is -0.329 e. The molecule has 7 heteroatoms. The zero-order valence-electron chi connectivity index (χ0n) is 12.1. The van der Waals surface area contributed by atoms with E-state index in [-0.39, 0.29) is 16.7 Å². The van der Waals surface area contributed by atoms with E-state index in [0.717, 1.165) is 0 Å². The normalized spacial score (nSPS) is 12.1. The Kier molecular flexibility index (Phi) is 6.17. The molecule has 0 rings (SSSR count). The summed E-state index contributed by atoms with van der Waals surface area (Å²) in [6, 6.07) is -0.694. The Labute approximate surface area is 113 Å². The van der Waals surface area contributed by atoms with Crippen molar-refractivity contribution in [3.05, 3.63) is 0 Å². The van der Waals surface area contributed by atoms with Gasteiger partial charge in [0.25, 0.3) is 0 Å². The molecule has 0 spiro atoms. The number of amides is 4. The number of hydrogen-bond donors (Lipinski definition) is 1. The number of carbonyl (C=O) groups excluding carboxylic acids is 2. The van der Waals surface area contributed by atoms with Crippen LogP contribution in [-0.4, -0.2) is 60.0 Å². The third-order valence-corrected chi connectivity index (χ3v) is 2.88. The Morgan fingerprint density at radius 3 is 2.00 bits per heavy atom. The van der Waals surface area contributed by atoms with Crippen molar-refractivity contribution in [2.45, 2.75) is 26.3 Å². The number of nitrogens with one attached hydrogen (secondary N) is 1. The first-order valence-corrected chi connectivity index (χ1v) is 6.71. The summed E-state index contributed by atoms with van der Waals surface area (Å²) in [7, 11) is 4.90. The number of amidine groups is 1. The Hall–Kier alpha value is -1.24. The van der Waals surface area contributed by atoms with Gasteiger partial charge in [-0.3, -0.25) is 5.32 Å². The van der Waals surface area contributed by atoms with Gasteiger partial charge >= 0.3 is 12.1 Å². The molecule has 0 aliphatic carbocycles. The van der Waals surface area contributed by atoms with Crippen molar-refractivity contribution in [2.75, 3.05) is 27.4 Å². The van der Waals surface area contributed by atoms with Crippen LogP contribution in [-0.2, 0) is 0 Å². The summed E-state index contributed by atoms with van der Waals surface area (Å²) in [5.74, 6) is 0. The van der Waals surface area contributed by atoms with E-state index in [1.165, 1.54) is 16.7 Å². The molecule has 1 N–H and O–H groups in total. The minimum atomic E-state index is -0.405. The lowest BCUT2D eigenvalue weighted by Gasteiger charge is -2.31. The maximum Gasteiger partial charge on any atom is 0.345 e. The Bertz CT molecular complexity index is 347. The average Bonchev–Trinajstić information content (AvgIpc) is 2.25. The van der Waals surface area contributed by atoms with Crippen LogP contribution in [0.3, 0.4) is 0 Å². The molecule has 0 radical (unpaired) electrons. The molecular formula is C11H22N4O2S. The molecule has 104 valence electrons. The van der Waals surface area contributed by atoms with Crippen molar-refractivity contribution in [3.63, 3.8) is 0 Å². The molecule has 0 unspecified atom stereocenters. The van der Waals surface area contributed by atoms with Gasteiger partial charge < -0.3 is 9.80 Å². The van der Waals surface area contributed by atoms with Gasteiger partial charge in [0.05, 0.1) is 0 Å². The van der Waals surface area contributed by atoms with Gasteiger partial charge in [-0.25, -0.2) is 9.59 Å². The molecule has 0 aromatic rings. The van der Waals surface area contributed by atoms with Crippen molar-refractivity contribution in [2.24, 2.45) is 4.99 Å². The summed E-state index contributed by atoms with van der Waals surface area (Å²) in [6.07, 6.45) is 1.75. The van der Waals surface area contributed by atoms with Crippen LogP contribution in [0.15, 0.2) is 4.99 Å². The number of rotatable bonds is 0. The van der Waals surface area contributed by atoms with E-state index in [4.69, 9.17) is 0 Å². The number of aliphatic imine (C=N–C) groups is 1. The minimum absolute atomic E-state index is 0.287. The van der Waals surface area contributed by atoms with Gasteiger partial charge in [-0.1, -0.05) is 11.8 Å². The fourth-order valence-electron chi connectivity index (χ4n) is 0.791. The highest BCUT2D eigenvalue weighted by Gasteiger charge is 2.23. The van der Waals surface area contributed by atoms with Gasteiger partial charge in [-0.15, -0.1) is 0 Å². The zero-order chi connectivity index (χ0) is 14.5. The van der Waals surface area contributed by atoms with E-state index < -0.39 is 6.03 Å². The summed E-state index contributed by atoms with van der Waals surface area (Å²) in [5, 5.41) is 2.90. The molecule has 0 bridgehead atoms. The zero-order valence-corrected chi connectivity index (χ0v) is 12.9. The summed E-state index contributed by atoms with van der Waals surface area (Å²) in [4.78, 5) is 30.0. The number of urea groups is 2. The number of hydrogen-bond acceptors (Lipinski definition) is 3. The van der Waals surface area contributed by atoms with E-state index in [1.54, 1.807) is 32.3 Å². The molecule has 0 aromatic carbocycles. The fraction of sp³-hybridized carbons (Fsp3) is 0.727. The van der Waals surface area contributed by atoms with Crippen molar-refractivity contribution >= 4 is 29.0 Å². The van der Waals surface area contributed by atoms with Crippen LogP contribution in [0, 0.1) is 0 Å². The predicted octanol–water partition coefficient (Wildman–Crippen LogP) is 1.83. The quantitative estimate of drug-likeness (QED) is 0.541. The highest BCUT2D eigenvalue weighted by atomic mass is 32.2. The second-order valence-corrected chi connectivity index (χ2v) is 5.75. The summed E-state index contributed by atoms with van der Waals surface area (Å²) in [5.41, 5.74) is -0.293. The Balaban J connectivity index is 4.75. The third kappa shape index (κ3) is 5.39. The third-order valence-electron chi connectivity index (χ3n) is 2.30. The number of thioether (sulfide) groups is 1. The van der Waals surface area contributed by atoms with Gasteiger partial charge in [0.15, 0.2) is 5.17 Å². The molecule has 6 nitrogen and oxygen atoms in total. The van der Waals surface area contributed by atoms with Crippen LogP contribution in [0.4, 0.5) is 9.59 Å². The first-order chi connectivity index (χ1) is 8.09. The van der Waals surface area contributed by atoms with Crippen molar-refractivity contribution < 1.29 is 9.59 Å². The highest BCUT2D eigenvalue weighted by Crippen LogP contribution is 2.10. The van der Waals surface area contributed by atoms with Crippen LogP contribution < -0.4 is 5.32 Å². The Morgan fingerprint density at radius 1 is 1.17 bits per heavy atom. The summed E-state index contributed by atoms with van der Waals surface area (Å²) < 4.78 is 0. The molecule has 0 aliphatic rings. The van der Waals surface area contributed by atoms with E-state index in [0.29, 0.717) is 0 Å². The molecular weight excluding hydrogens is 252 g/mol. The summed E-state index contributed by atoms with van der Waals surface area (Å²) >= 11 is 1.22. The fourth-order valence-corrected chi connectivity index (χ4v) is 1.15. The van der Waals surface area contributed by atoms with Crippen LogP contribution >= 0.6 is 11.8 Å². The number of nitrogens with zero attached hydrogens (tertiary/aromatic N) is 3. The summed E-state index contributed by atoms with van der Waals surface area (Å²) in [6.45, 7) is 5.77. The van der Waals surface area contributed by atoms with Gasteiger partial charge in [-0.05, 0) is 27.0 Å². The maximum atomic E-state index is 11.9. The SMILES string of the molecule is CSC(=NC(=O)N(C)C)NC(=O)N(C)C(C)(C)C. The van der Waals surface area contributed by atoms with Crippen molar-refractivity contribution in [3.8, 4) is 0 Å². The van der Waals surface area contributed by atoms with E-state index in [9.17, 15) is 9.59 Å². The largest absolute Gasteiger partial charge is 0.345 e. The van der Waals surface area contributed by atoms with Crippen LogP contribution in [0.2, 0.25) is 0 Å². The highest BCUT2D eigenvalue weighted by molar-refractivity contribution is 8.13. The predicted molar refractivity (Wildman–Crippen MR) is 76.1 cm³/mol. The van der Waals surface area contributed by atoms with Gasteiger partial charge in [0.1, 0.15) is 0 Å². The first kappa shape index (κ1) is 16.8. The first-order valence-electron chi connectivity index (χ1n) is 5.48. The van der Waals surface area contributed by atoms with E-state index in [1.807, 2.05) is 20.8 Å². The average molecular weight is 274 g/mol. The van der Waals surface area contributed by atoms with E-state index >= 15 is 0 Å². The molecule has 0 heterocycles. The van der Waals surface area contributed by atoms with Crippen LogP contribution in [0.5, 0.6) is 0 Å². The van der Waals surface area contributed by atoms with Gasteiger partial charge in [0, 0.05) is 26.7 Å². The molecule has 0 saturated carbocycles. The van der Waals surface area contributed by atoms with Gasteiger partial charge in [0.2, 0.25) is 0 Å². The topological polar surface area (TPSA) is 65.0 Å². The monoisotopic (exact) mass is 274 g/mol. The smallest absolute Gasteiger partial charge is 0.329 e. The van der Waals surface area contributed by atoms with Gasteiger partial charge in [-0.2, -0.15) is 4.99 Å². The molecule has 0 saturated heterocycles. The molecule has 0 fully saturated rings. The van der Waals surface area contributed by atoms with Crippen molar-refractivity contribution in [1.82, 2.24) is 15.1 Å². The lowest BCUT2D eigenvalue weighted by Crippen LogP contribution is -2.49. The molecule has 0 atom stereocenters. The molecule has 18 heavy (non-hydrogen) atoms. The standard InChI is InChI=1S/C11H22N4O2S/c1-11(2,3)15(6)10(17)13-8(18-7)12-9(16)14(4)5/h1-7H3,(H,12,13,16,17). The van der Waals surface area contributed by atoms with Crippen LogP contribution in [0.1, 0.15) is 20.8 Å². The molecule has 4 amide bonds. The number of carbonyl (C=O) groups is 2. The second kappa shape index (κ2) is 6.63. The maximum absolute atomic E-state index is 11.9. The Morgan fingerprint density at radius 2 is 1.67 bits per heavy atom. The molecule has 0 aromatic heterocycles. The van der Waals surface area contributed by atoms with Crippen molar-refractivity contribution in [1.29, 1.82) is 0 Å². The van der Waals surface area contributed by atoms with E-state index in [2.05, 4.69) is 10.3 Å². The lowest BCUT2D eigenvalue weighted by molar-refractivity contribution is 0.170. The molecule has 0 aliphatic heterocycles. The lowest BCUT2D eigenvalue weighted by atomic mass is 10.1. The second-order valence-electron chi connectivity index (χ2n) is 4.96. The van der Waals surface area contributed by atoms with Crippen LogP contribution in [0.25, 0.3) is 0 Å².